The Balaban J connectivity index is 1.73. The van der Waals surface area contributed by atoms with Crippen LogP contribution in [-0.4, -0.2) is 29.9 Å². The molecule has 1 saturated heterocycles. The molecule has 82 valence electrons. The molecule has 1 saturated carbocycles. The van der Waals surface area contributed by atoms with Crippen LogP contribution in [0.15, 0.2) is 0 Å². The molecule has 1 nitrogen and oxygen atoms in total. The van der Waals surface area contributed by atoms with Crippen molar-refractivity contribution >= 4 is 15.9 Å². The molecule has 2 aliphatic rings. The third-order valence-electron chi connectivity index (χ3n) is 4.08. The van der Waals surface area contributed by atoms with Crippen molar-refractivity contribution in [2.75, 3.05) is 25.0 Å². The van der Waals surface area contributed by atoms with Crippen molar-refractivity contribution in [1.82, 2.24) is 4.90 Å². The van der Waals surface area contributed by atoms with Crippen LogP contribution < -0.4 is 0 Å². The summed E-state index contributed by atoms with van der Waals surface area (Å²) < 4.78 is 0. The maximum Gasteiger partial charge on any atom is 0.0100 e. The normalized spacial score (nSPS) is 27.9. The molecular weight excluding hydrogens is 238 g/mol. The smallest absolute Gasteiger partial charge is 0.0100 e. The van der Waals surface area contributed by atoms with Crippen molar-refractivity contribution < 1.29 is 0 Å². The molecule has 0 atom stereocenters. The summed E-state index contributed by atoms with van der Waals surface area (Å²) in [5.74, 6) is 1.02. The van der Waals surface area contributed by atoms with Crippen molar-refractivity contribution in [1.29, 1.82) is 0 Å². The lowest BCUT2D eigenvalue weighted by Gasteiger charge is -2.33. The predicted octanol–water partition coefficient (Wildman–Crippen LogP) is 3.28. The van der Waals surface area contributed by atoms with Crippen LogP contribution in [0.2, 0.25) is 0 Å². The van der Waals surface area contributed by atoms with Crippen molar-refractivity contribution in [2.24, 2.45) is 11.3 Å². The number of likely N-dealkylation sites (tertiary alicyclic amines) is 1. The second kappa shape index (κ2) is 4.52. The average Bonchev–Trinajstić information content (AvgIpc) is 3.00. The van der Waals surface area contributed by atoms with E-state index in [0.717, 1.165) is 5.92 Å². The van der Waals surface area contributed by atoms with Gasteiger partial charge in [0.25, 0.3) is 0 Å². The fourth-order valence-electron chi connectivity index (χ4n) is 2.54. The first kappa shape index (κ1) is 10.9. The summed E-state index contributed by atoms with van der Waals surface area (Å²) in [7, 11) is 0. The molecule has 2 rings (SSSR count). The Morgan fingerprint density at radius 2 is 1.93 bits per heavy atom. The topological polar surface area (TPSA) is 3.24 Å². The molecule has 0 aromatic carbocycles. The standard InChI is InChI=1S/C12H22BrN/c1-2-11-3-7-14(8-4-11)10-12(9-13)5-6-12/h11H,2-10H2,1H3. The van der Waals surface area contributed by atoms with Crippen LogP contribution in [0, 0.1) is 11.3 Å². The average molecular weight is 260 g/mol. The molecule has 0 spiro atoms. The van der Waals surface area contributed by atoms with Gasteiger partial charge in [-0.15, -0.1) is 0 Å². The molecule has 0 N–H and O–H groups in total. The molecule has 14 heavy (non-hydrogen) atoms. The van der Waals surface area contributed by atoms with Gasteiger partial charge in [-0.3, -0.25) is 0 Å². The monoisotopic (exact) mass is 259 g/mol. The second-order valence-corrected chi connectivity index (χ2v) is 5.82. The SMILES string of the molecule is CCC1CCN(CC2(CBr)CC2)CC1. The highest BCUT2D eigenvalue weighted by molar-refractivity contribution is 9.09. The molecule has 0 bridgehead atoms. The highest BCUT2D eigenvalue weighted by Crippen LogP contribution is 2.47. The largest absolute Gasteiger partial charge is 0.303 e. The molecule has 1 aliphatic heterocycles. The lowest BCUT2D eigenvalue weighted by molar-refractivity contribution is 0.158. The van der Waals surface area contributed by atoms with Gasteiger partial charge in [0, 0.05) is 11.9 Å². The van der Waals surface area contributed by atoms with E-state index in [-0.39, 0.29) is 0 Å². The van der Waals surface area contributed by atoms with Crippen LogP contribution in [0.25, 0.3) is 0 Å². The highest BCUT2D eigenvalue weighted by atomic mass is 79.9. The Morgan fingerprint density at radius 3 is 2.36 bits per heavy atom. The highest BCUT2D eigenvalue weighted by Gasteiger charge is 2.42. The van der Waals surface area contributed by atoms with Gasteiger partial charge in [0.1, 0.15) is 0 Å². The summed E-state index contributed by atoms with van der Waals surface area (Å²) >= 11 is 3.66. The van der Waals surface area contributed by atoms with Gasteiger partial charge in [-0.2, -0.15) is 0 Å². The molecule has 0 aromatic heterocycles. The Bertz CT molecular complexity index is 181. The molecule has 2 heteroatoms. The number of nitrogens with zero attached hydrogens (tertiary/aromatic N) is 1. The summed E-state index contributed by atoms with van der Waals surface area (Å²) in [6, 6.07) is 0. The zero-order valence-corrected chi connectivity index (χ0v) is 10.9. The first-order chi connectivity index (χ1) is 6.78. The zero-order chi connectivity index (χ0) is 10.0. The van der Waals surface area contributed by atoms with E-state index in [9.17, 15) is 0 Å². The van der Waals surface area contributed by atoms with E-state index in [1.54, 1.807) is 0 Å². The van der Waals surface area contributed by atoms with Crippen molar-refractivity contribution in [3.05, 3.63) is 0 Å². The summed E-state index contributed by atoms with van der Waals surface area (Å²) in [6.45, 7) is 6.40. The summed E-state index contributed by atoms with van der Waals surface area (Å²) in [5, 5.41) is 1.22. The number of hydrogen-bond donors (Lipinski definition) is 0. The molecule has 0 aromatic rings. The molecule has 0 unspecified atom stereocenters. The number of rotatable bonds is 4. The van der Waals surface area contributed by atoms with Gasteiger partial charge in [-0.25, -0.2) is 0 Å². The first-order valence-corrected chi connectivity index (χ1v) is 7.18. The minimum Gasteiger partial charge on any atom is -0.303 e. The van der Waals surface area contributed by atoms with Gasteiger partial charge in [0.15, 0.2) is 0 Å². The Labute approximate surface area is 96.4 Å². The molecule has 2 fully saturated rings. The number of alkyl halides is 1. The van der Waals surface area contributed by atoms with E-state index in [1.165, 1.54) is 57.1 Å². The Morgan fingerprint density at radius 1 is 1.29 bits per heavy atom. The third-order valence-corrected chi connectivity index (χ3v) is 5.27. The summed E-state index contributed by atoms with van der Waals surface area (Å²) in [5.41, 5.74) is 0.680. The quantitative estimate of drug-likeness (QED) is 0.701. The van der Waals surface area contributed by atoms with Crippen molar-refractivity contribution in [2.45, 2.75) is 39.0 Å². The van der Waals surface area contributed by atoms with Crippen LogP contribution >= 0.6 is 15.9 Å². The summed E-state index contributed by atoms with van der Waals surface area (Å²) in [4.78, 5) is 2.69. The van der Waals surface area contributed by atoms with Crippen LogP contribution in [0.3, 0.4) is 0 Å². The first-order valence-electron chi connectivity index (χ1n) is 6.06. The van der Waals surface area contributed by atoms with Crippen LogP contribution in [0.1, 0.15) is 39.0 Å². The number of halogens is 1. The van der Waals surface area contributed by atoms with Gasteiger partial charge >= 0.3 is 0 Å². The predicted molar refractivity (Wildman–Crippen MR) is 64.9 cm³/mol. The lowest BCUT2D eigenvalue weighted by Crippen LogP contribution is -2.38. The van der Waals surface area contributed by atoms with E-state index in [2.05, 4.69) is 27.8 Å². The van der Waals surface area contributed by atoms with Crippen LogP contribution in [0.5, 0.6) is 0 Å². The minimum absolute atomic E-state index is 0.680. The van der Waals surface area contributed by atoms with Gasteiger partial charge in [0.2, 0.25) is 0 Å². The molecule has 1 heterocycles. The van der Waals surface area contributed by atoms with E-state index in [4.69, 9.17) is 0 Å². The van der Waals surface area contributed by atoms with Gasteiger partial charge in [-0.05, 0) is 50.1 Å². The molecule has 0 radical (unpaired) electrons. The molecule has 1 aliphatic carbocycles. The van der Waals surface area contributed by atoms with Gasteiger partial charge in [0.05, 0.1) is 0 Å². The second-order valence-electron chi connectivity index (χ2n) is 5.26. The van der Waals surface area contributed by atoms with Gasteiger partial charge < -0.3 is 4.90 Å². The van der Waals surface area contributed by atoms with Crippen molar-refractivity contribution in [3.8, 4) is 0 Å². The minimum atomic E-state index is 0.680. The molecule has 0 amide bonds. The van der Waals surface area contributed by atoms with E-state index >= 15 is 0 Å². The van der Waals surface area contributed by atoms with E-state index in [1.807, 2.05) is 0 Å². The third kappa shape index (κ3) is 2.52. The summed E-state index contributed by atoms with van der Waals surface area (Å²) in [6.07, 6.45) is 7.17. The van der Waals surface area contributed by atoms with Crippen LogP contribution in [0.4, 0.5) is 0 Å². The molecular formula is C12H22BrN. The zero-order valence-electron chi connectivity index (χ0n) is 9.27. The van der Waals surface area contributed by atoms with E-state index < -0.39 is 0 Å². The number of piperidine rings is 1. The Hall–Kier alpha value is 0.440. The van der Waals surface area contributed by atoms with Gasteiger partial charge in [-0.1, -0.05) is 29.3 Å². The lowest BCUT2D eigenvalue weighted by atomic mass is 9.93. The van der Waals surface area contributed by atoms with E-state index in [0.29, 0.717) is 5.41 Å². The Kier molecular flexibility index (Phi) is 3.54. The fourth-order valence-corrected chi connectivity index (χ4v) is 3.28. The maximum absolute atomic E-state index is 3.66. The van der Waals surface area contributed by atoms with Crippen molar-refractivity contribution in [3.63, 3.8) is 0 Å². The van der Waals surface area contributed by atoms with Crippen LogP contribution in [-0.2, 0) is 0 Å². The fraction of sp³-hybridized carbons (Fsp3) is 1.00. The maximum atomic E-state index is 3.66. The number of hydrogen-bond acceptors (Lipinski definition) is 1.